The van der Waals surface area contributed by atoms with Gasteiger partial charge in [0.1, 0.15) is 5.60 Å². The Morgan fingerprint density at radius 2 is 2.00 bits per heavy atom. The molecule has 0 aromatic heterocycles. The first-order chi connectivity index (χ1) is 8.85. The Morgan fingerprint density at radius 1 is 1.45 bits per heavy atom. The number of carbonyl (C=O) groups is 1. The zero-order valence-electron chi connectivity index (χ0n) is 12.8. The molecule has 1 saturated carbocycles. The van der Waals surface area contributed by atoms with Crippen LogP contribution in [0.3, 0.4) is 0 Å². The molecule has 1 fully saturated rings. The van der Waals surface area contributed by atoms with Crippen molar-refractivity contribution in [3.8, 4) is 0 Å². The summed E-state index contributed by atoms with van der Waals surface area (Å²) in [6.45, 7) is 7.38. The van der Waals surface area contributed by atoms with Crippen LogP contribution in [0.4, 0.5) is 4.79 Å². The van der Waals surface area contributed by atoms with Crippen molar-refractivity contribution in [1.82, 2.24) is 4.90 Å². The highest BCUT2D eigenvalue weighted by molar-refractivity contribution is 8.13. The molecule has 2 unspecified atom stereocenters. The molecule has 0 N–H and O–H groups in total. The molecule has 0 spiro atoms. The van der Waals surface area contributed by atoms with Crippen LogP contribution in [-0.2, 0) is 13.8 Å². The molecular formula is C13H24ClNO4S. The van der Waals surface area contributed by atoms with Crippen molar-refractivity contribution in [2.75, 3.05) is 12.8 Å². The molecule has 0 aliphatic heterocycles. The third kappa shape index (κ3) is 4.81. The molecule has 0 radical (unpaired) electrons. The monoisotopic (exact) mass is 325 g/mol. The van der Waals surface area contributed by atoms with E-state index in [0.29, 0.717) is 18.8 Å². The van der Waals surface area contributed by atoms with Crippen LogP contribution < -0.4 is 0 Å². The Kier molecular flexibility index (Phi) is 5.02. The molecule has 20 heavy (non-hydrogen) atoms. The van der Waals surface area contributed by atoms with Crippen molar-refractivity contribution >= 4 is 25.8 Å². The highest BCUT2D eigenvalue weighted by Gasteiger charge is 2.46. The fourth-order valence-corrected chi connectivity index (χ4v) is 4.45. The summed E-state index contributed by atoms with van der Waals surface area (Å²) in [5.41, 5.74) is -1.38. The van der Waals surface area contributed by atoms with Crippen molar-refractivity contribution < 1.29 is 17.9 Å². The largest absolute Gasteiger partial charge is 0.444 e. The summed E-state index contributed by atoms with van der Waals surface area (Å²) in [6, 6.07) is 0. The average Bonchev–Trinajstić information content (AvgIpc) is 2.54. The van der Waals surface area contributed by atoms with Crippen LogP contribution in [0.2, 0.25) is 0 Å². The van der Waals surface area contributed by atoms with Crippen molar-refractivity contribution in [1.29, 1.82) is 0 Å². The first-order valence-electron chi connectivity index (χ1n) is 6.74. The number of halogens is 1. The normalized spacial score (nSPS) is 27.4. The van der Waals surface area contributed by atoms with Gasteiger partial charge in [-0.1, -0.05) is 6.92 Å². The second-order valence-corrected chi connectivity index (χ2v) is 9.57. The van der Waals surface area contributed by atoms with Gasteiger partial charge in [0.2, 0.25) is 9.05 Å². The van der Waals surface area contributed by atoms with Crippen LogP contribution >= 0.6 is 10.7 Å². The van der Waals surface area contributed by atoms with E-state index in [0.717, 1.165) is 6.42 Å². The van der Waals surface area contributed by atoms with E-state index in [1.165, 1.54) is 4.90 Å². The maximum atomic E-state index is 12.2. The predicted molar refractivity (Wildman–Crippen MR) is 79.4 cm³/mol. The van der Waals surface area contributed by atoms with E-state index in [4.69, 9.17) is 15.4 Å². The first-order valence-corrected chi connectivity index (χ1v) is 9.22. The molecule has 0 heterocycles. The fourth-order valence-electron chi connectivity index (χ4n) is 2.75. The number of nitrogens with zero attached hydrogens (tertiary/aromatic N) is 1. The van der Waals surface area contributed by atoms with Crippen molar-refractivity contribution in [3.05, 3.63) is 0 Å². The Morgan fingerprint density at radius 3 is 2.35 bits per heavy atom. The number of ether oxygens (including phenoxy) is 1. The molecular weight excluding hydrogens is 302 g/mol. The van der Waals surface area contributed by atoms with Gasteiger partial charge in [0.25, 0.3) is 0 Å². The summed E-state index contributed by atoms with van der Waals surface area (Å²) in [5.74, 6) is 0.125. The third-order valence-corrected chi connectivity index (χ3v) is 4.86. The number of rotatable bonds is 3. The lowest BCUT2D eigenvalue weighted by Crippen LogP contribution is -2.53. The van der Waals surface area contributed by atoms with Crippen molar-refractivity contribution in [2.24, 2.45) is 5.92 Å². The molecule has 1 rings (SSSR count). The van der Waals surface area contributed by atoms with E-state index in [1.54, 1.807) is 27.8 Å². The van der Waals surface area contributed by atoms with Gasteiger partial charge in [-0.25, -0.2) is 13.2 Å². The molecule has 2 atom stereocenters. The molecule has 5 nitrogen and oxygen atoms in total. The predicted octanol–water partition coefficient (Wildman–Crippen LogP) is 2.98. The van der Waals surface area contributed by atoms with Gasteiger partial charge < -0.3 is 9.64 Å². The van der Waals surface area contributed by atoms with Crippen LogP contribution in [0, 0.1) is 5.92 Å². The lowest BCUT2D eigenvalue weighted by Gasteiger charge is -2.38. The zero-order valence-corrected chi connectivity index (χ0v) is 14.3. The van der Waals surface area contributed by atoms with Crippen molar-refractivity contribution in [3.63, 3.8) is 0 Å². The Balaban J connectivity index is 2.97. The van der Waals surface area contributed by atoms with Gasteiger partial charge in [-0.2, -0.15) is 0 Å². The van der Waals surface area contributed by atoms with E-state index in [9.17, 15) is 13.2 Å². The summed E-state index contributed by atoms with van der Waals surface area (Å²) in [7, 11) is 3.33. The Hall–Kier alpha value is -0.490. The topological polar surface area (TPSA) is 63.7 Å². The van der Waals surface area contributed by atoms with Crippen LogP contribution in [0.25, 0.3) is 0 Å². The standard InChI is InChI=1S/C13H24ClNO4S/c1-10-6-7-13(8-10,9-20(14,17)18)15(5)11(16)19-12(2,3)4/h10H,6-9H2,1-5H3. The molecule has 0 aromatic carbocycles. The molecule has 0 bridgehead atoms. The Labute approximate surface area is 126 Å². The van der Waals surface area contributed by atoms with Crippen LogP contribution in [0.5, 0.6) is 0 Å². The zero-order chi connectivity index (χ0) is 15.8. The summed E-state index contributed by atoms with van der Waals surface area (Å²) >= 11 is 0. The maximum absolute atomic E-state index is 12.2. The fraction of sp³-hybridized carbons (Fsp3) is 0.923. The van der Waals surface area contributed by atoms with Gasteiger partial charge in [0.05, 0.1) is 11.3 Å². The van der Waals surface area contributed by atoms with Crippen LogP contribution in [-0.4, -0.2) is 43.4 Å². The van der Waals surface area contributed by atoms with Crippen molar-refractivity contribution in [2.45, 2.75) is 58.1 Å². The summed E-state index contributed by atoms with van der Waals surface area (Å²) in [5, 5.41) is 0. The highest BCUT2D eigenvalue weighted by atomic mass is 35.7. The molecule has 0 saturated heterocycles. The van der Waals surface area contributed by atoms with Gasteiger partial charge in [-0.05, 0) is 46.0 Å². The summed E-state index contributed by atoms with van der Waals surface area (Å²) in [4.78, 5) is 13.6. The van der Waals surface area contributed by atoms with Crippen LogP contribution in [0.1, 0.15) is 47.0 Å². The minimum Gasteiger partial charge on any atom is -0.444 e. The van der Waals surface area contributed by atoms with Gasteiger partial charge >= 0.3 is 6.09 Å². The van der Waals surface area contributed by atoms with E-state index in [2.05, 4.69) is 0 Å². The summed E-state index contributed by atoms with van der Waals surface area (Å²) < 4.78 is 28.3. The third-order valence-electron chi connectivity index (χ3n) is 3.65. The highest BCUT2D eigenvalue weighted by Crippen LogP contribution is 2.40. The SMILES string of the molecule is CC1CCC(CS(=O)(=O)Cl)(N(C)C(=O)OC(C)(C)C)C1. The number of amides is 1. The number of hydrogen-bond acceptors (Lipinski definition) is 4. The smallest absolute Gasteiger partial charge is 0.410 e. The van der Waals surface area contributed by atoms with Gasteiger partial charge in [0.15, 0.2) is 0 Å². The molecule has 1 aliphatic rings. The van der Waals surface area contributed by atoms with Gasteiger partial charge in [0, 0.05) is 17.7 Å². The first kappa shape index (κ1) is 17.6. The van der Waals surface area contributed by atoms with Crippen LogP contribution in [0.15, 0.2) is 0 Å². The molecule has 0 aromatic rings. The second kappa shape index (κ2) is 5.72. The molecule has 1 aliphatic carbocycles. The second-order valence-electron chi connectivity index (χ2n) is 6.79. The van der Waals surface area contributed by atoms with E-state index >= 15 is 0 Å². The Bertz CT molecular complexity index is 471. The summed E-state index contributed by atoms with van der Waals surface area (Å²) in [6.07, 6.45) is 1.61. The average molecular weight is 326 g/mol. The lowest BCUT2D eigenvalue weighted by atomic mass is 9.97. The number of hydrogen-bond donors (Lipinski definition) is 0. The quantitative estimate of drug-likeness (QED) is 0.748. The van der Waals surface area contributed by atoms with Gasteiger partial charge in [-0.15, -0.1) is 0 Å². The van der Waals surface area contributed by atoms with E-state index in [-0.39, 0.29) is 5.75 Å². The molecule has 1 amide bonds. The molecule has 118 valence electrons. The van der Waals surface area contributed by atoms with E-state index in [1.807, 2.05) is 6.92 Å². The van der Waals surface area contributed by atoms with Gasteiger partial charge in [-0.3, -0.25) is 0 Å². The lowest BCUT2D eigenvalue weighted by molar-refractivity contribution is 0.00934. The van der Waals surface area contributed by atoms with E-state index < -0.39 is 26.3 Å². The molecule has 7 heteroatoms. The number of carbonyl (C=O) groups excluding carboxylic acids is 1. The minimum absolute atomic E-state index is 0.234. The maximum Gasteiger partial charge on any atom is 0.410 e. The minimum atomic E-state index is -3.69.